The first-order valence-corrected chi connectivity index (χ1v) is 8.25. The number of hydrogen-bond acceptors (Lipinski definition) is 3. The van der Waals surface area contributed by atoms with Gasteiger partial charge in [-0.3, -0.25) is 4.79 Å². The smallest absolute Gasteiger partial charge is 0.416 e. The molecule has 0 saturated carbocycles. The molecule has 0 spiro atoms. The number of benzene rings is 2. The van der Waals surface area contributed by atoms with Crippen LogP contribution in [0.15, 0.2) is 48.5 Å². The lowest BCUT2D eigenvalue weighted by Crippen LogP contribution is -2.40. The van der Waals surface area contributed by atoms with E-state index in [9.17, 15) is 23.1 Å². The van der Waals surface area contributed by atoms with E-state index in [1.165, 1.54) is 18.2 Å². The van der Waals surface area contributed by atoms with E-state index in [4.69, 9.17) is 4.74 Å². The number of aliphatic hydroxyl groups excluding tert-OH is 1. The number of likely N-dealkylation sites (tertiary alicyclic amines) is 1. The zero-order chi connectivity index (χ0) is 18.7. The zero-order valence-corrected chi connectivity index (χ0v) is 13.9. The van der Waals surface area contributed by atoms with Crippen molar-refractivity contribution < 1.29 is 27.8 Å². The summed E-state index contributed by atoms with van der Waals surface area (Å²) in [6.45, 7) is 0.942. The van der Waals surface area contributed by atoms with Crippen LogP contribution < -0.4 is 4.74 Å². The Hall–Kier alpha value is -2.54. The number of halogens is 3. The summed E-state index contributed by atoms with van der Waals surface area (Å²) in [6, 6.07) is 10.9. The van der Waals surface area contributed by atoms with Crippen molar-refractivity contribution in [1.29, 1.82) is 0 Å². The van der Waals surface area contributed by atoms with Gasteiger partial charge in [-0.15, -0.1) is 0 Å². The minimum atomic E-state index is -4.45. The molecule has 1 fully saturated rings. The fourth-order valence-electron chi connectivity index (χ4n) is 2.82. The Bertz CT molecular complexity index is 784. The SMILES string of the molecule is O=C(c1cccc(Oc2cccc(C(F)(F)F)c2)c1)N1CCC(O)CC1. The largest absolute Gasteiger partial charge is 0.457 e. The van der Waals surface area contributed by atoms with Crippen LogP contribution in [0.25, 0.3) is 0 Å². The topological polar surface area (TPSA) is 49.8 Å². The molecule has 138 valence electrons. The van der Waals surface area contributed by atoms with Gasteiger partial charge in [-0.2, -0.15) is 13.2 Å². The predicted octanol–water partition coefficient (Wildman–Crippen LogP) is 4.09. The van der Waals surface area contributed by atoms with Crippen molar-refractivity contribution in [1.82, 2.24) is 4.90 Å². The minimum Gasteiger partial charge on any atom is -0.457 e. The number of carbonyl (C=O) groups excluding carboxylic acids is 1. The molecular weight excluding hydrogens is 347 g/mol. The van der Waals surface area contributed by atoms with Crippen molar-refractivity contribution in [2.45, 2.75) is 25.1 Å². The average Bonchev–Trinajstić information content (AvgIpc) is 2.61. The van der Waals surface area contributed by atoms with Crippen LogP contribution in [0.3, 0.4) is 0 Å². The quantitative estimate of drug-likeness (QED) is 0.891. The van der Waals surface area contributed by atoms with Crippen molar-refractivity contribution in [2.24, 2.45) is 0 Å². The van der Waals surface area contributed by atoms with Gasteiger partial charge < -0.3 is 14.7 Å². The third-order valence-corrected chi connectivity index (χ3v) is 4.23. The van der Waals surface area contributed by atoms with E-state index >= 15 is 0 Å². The summed E-state index contributed by atoms with van der Waals surface area (Å²) in [5.74, 6) is 0.143. The summed E-state index contributed by atoms with van der Waals surface area (Å²) in [5.41, 5.74) is -0.403. The van der Waals surface area contributed by atoms with Gasteiger partial charge in [-0.1, -0.05) is 12.1 Å². The number of amides is 1. The number of piperidine rings is 1. The predicted molar refractivity (Wildman–Crippen MR) is 89.1 cm³/mol. The van der Waals surface area contributed by atoms with E-state index in [0.717, 1.165) is 12.1 Å². The van der Waals surface area contributed by atoms with Gasteiger partial charge in [0, 0.05) is 18.7 Å². The number of nitrogens with zero attached hydrogens (tertiary/aromatic N) is 1. The molecule has 0 aromatic heterocycles. The first-order chi connectivity index (χ1) is 12.3. The van der Waals surface area contributed by atoms with Crippen LogP contribution in [0.5, 0.6) is 11.5 Å². The van der Waals surface area contributed by atoms with Crippen LogP contribution in [0, 0.1) is 0 Å². The molecule has 0 aliphatic carbocycles. The van der Waals surface area contributed by atoms with Gasteiger partial charge in [-0.05, 0) is 49.2 Å². The highest BCUT2D eigenvalue weighted by Crippen LogP contribution is 2.32. The van der Waals surface area contributed by atoms with Crippen LogP contribution in [0.1, 0.15) is 28.8 Å². The molecule has 1 aliphatic heterocycles. The number of alkyl halides is 3. The molecule has 1 aliphatic rings. The number of hydrogen-bond donors (Lipinski definition) is 1. The van der Waals surface area contributed by atoms with Crippen LogP contribution in [-0.4, -0.2) is 35.1 Å². The first-order valence-electron chi connectivity index (χ1n) is 8.25. The van der Waals surface area contributed by atoms with Crippen LogP contribution >= 0.6 is 0 Å². The normalized spacial score (nSPS) is 15.8. The molecule has 1 heterocycles. The van der Waals surface area contributed by atoms with Crippen molar-refractivity contribution in [3.05, 3.63) is 59.7 Å². The van der Waals surface area contributed by atoms with Gasteiger partial charge in [0.15, 0.2) is 0 Å². The monoisotopic (exact) mass is 365 g/mol. The van der Waals surface area contributed by atoms with Crippen molar-refractivity contribution in [3.63, 3.8) is 0 Å². The maximum atomic E-state index is 12.8. The van der Waals surface area contributed by atoms with E-state index in [-0.39, 0.29) is 23.5 Å². The summed E-state index contributed by atoms with van der Waals surface area (Å²) in [5, 5.41) is 9.53. The molecule has 2 aromatic carbocycles. The third-order valence-electron chi connectivity index (χ3n) is 4.23. The lowest BCUT2D eigenvalue weighted by molar-refractivity contribution is -0.137. The first kappa shape index (κ1) is 18.3. The molecule has 2 aromatic rings. The van der Waals surface area contributed by atoms with Gasteiger partial charge in [0.1, 0.15) is 11.5 Å². The van der Waals surface area contributed by atoms with Crippen LogP contribution in [0.4, 0.5) is 13.2 Å². The summed E-state index contributed by atoms with van der Waals surface area (Å²) < 4.78 is 43.9. The molecule has 0 unspecified atom stereocenters. The highest BCUT2D eigenvalue weighted by molar-refractivity contribution is 5.94. The fraction of sp³-hybridized carbons (Fsp3) is 0.316. The number of ether oxygens (including phenoxy) is 1. The molecule has 1 N–H and O–H groups in total. The molecule has 0 atom stereocenters. The van der Waals surface area contributed by atoms with Gasteiger partial charge in [0.05, 0.1) is 11.7 Å². The van der Waals surface area contributed by atoms with E-state index in [2.05, 4.69) is 0 Å². The summed E-state index contributed by atoms with van der Waals surface area (Å²) in [6.07, 6.45) is -3.76. The lowest BCUT2D eigenvalue weighted by Gasteiger charge is -2.29. The Kier molecular flexibility index (Phi) is 5.18. The van der Waals surface area contributed by atoms with E-state index < -0.39 is 11.7 Å². The van der Waals surface area contributed by atoms with E-state index in [1.54, 1.807) is 23.1 Å². The average molecular weight is 365 g/mol. The van der Waals surface area contributed by atoms with Gasteiger partial charge in [-0.25, -0.2) is 0 Å². The second-order valence-corrected chi connectivity index (χ2v) is 6.18. The summed E-state index contributed by atoms with van der Waals surface area (Å²) >= 11 is 0. The Labute approximate surface area is 148 Å². The highest BCUT2D eigenvalue weighted by Gasteiger charge is 2.30. The van der Waals surface area contributed by atoms with Crippen molar-refractivity contribution >= 4 is 5.91 Å². The standard InChI is InChI=1S/C19H18F3NO3/c20-19(21,22)14-4-2-6-17(12-14)26-16-5-1-3-13(11-16)18(25)23-9-7-15(24)8-10-23/h1-6,11-12,15,24H,7-10H2. The lowest BCUT2D eigenvalue weighted by atomic mass is 10.1. The molecule has 0 bridgehead atoms. The molecule has 0 radical (unpaired) electrons. The minimum absolute atomic E-state index is 0.0468. The van der Waals surface area contributed by atoms with Crippen molar-refractivity contribution in [3.8, 4) is 11.5 Å². The Morgan fingerprint density at radius 3 is 2.31 bits per heavy atom. The third kappa shape index (κ3) is 4.35. The van der Waals surface area contributed by atoms with E-state index in [1.807, 2.05) is 0 Å². The molecule has 4 nitrogen and oxygen atoms in total. The molecule has 7 heteroatoms. The zero-order valence-electron chi connectivity index (χ0n) is 13.9. The number of rotatable bonds is 3. The maximum Gasteiger partial charge on any atom is 0.416 e. The molecule has 26 heavy (non-hydrogen) atoms. The number of carbonyl (C=O) groups is 1. The van der Waals surface area contributed by atoms with Crippen molar-refractivity contribution in [2.75, 3.05) is 13.1 Å². The van der Waals surface area contributed by atoms with E-state index in [0.29, 0.717) is 31.5 Å². The van der Waals surface area contributed by atoms with Gasteiger partial charge in [0.2, 0.25) is 0 Å². The molecular formula is C19H18F3NO3. The Morgan fingerprint density at radius 2 is 1.65 bits per heavy atom. The second kappa shape index (κ2) is 7.37. The molecule has 3 rings (SSSR count). The van der Waals surface area contributed by atoms with Gasteiger partial charge >= 0.3 is 6.18 Å². The number of aliphatic hydroxyl groups is 1. The Balaban J connectivity index is 1.74. The fourth-order valence-corrected chi connectivity index (χ4v) is 2.82. The van der Waals surface area contributed by atoms with Crippen LogP contribution in [0.2, 0.25) is 0 Å². The highest BCUT2D eigenvalue weighted by atomic mass is 19.4. The van der Waals surface area contributed by atoms with Gasteiger partial charge in [0.25, 0.3) is 5.91 Å². The Morgan fingerprint density at radius 1 is 1.04 bits per heavy atom. The summed E-state index contributed by atoms with van der Waals surface area (Å²) in [4.78, 5) is 14.2. The molecule has 1 saturated heterocycles. The molecule has 1 amide bonds. The summed E-state index contributed by atoms with van der Waals surface area (Å²) in [7, 11) is 0. The second-order valence-electron chi connectivity index (χ2n) is 6.18. The maximum absolute atomic E-state index is 12.8. The van der Waals surface area contributed by atoms with Crippen LogP contribution in [-0.2, 0) is 6.18 Å².